The second-order valence-electron chi connectivity index (χ2n) is 8.50. The number of hydrogen-bond donors (Lipinski definition) is 2. The molecular weight excluding hydrogens is 467 g/mol. The van der Waals surface area contributed by atoms with Gasteiger partial charge >= 0.3 is 0 Å². The molecule has 1 aliphatic heterocycles. The molecule has 0 radical (unpaired) electrons. The number of amides is 2. The monoisotopic (exact) mass is 490 g/mol. The Kier molecular flexibility index (Phi) is 6.85. The number of nitrogens with zero attached hydrogens (tertiary/aromatic N) is 3. The molecule has 0 bridgehead atoms. The summed E-state index contributed by atoms with van der Waals surface area (Å²) in [5.41, 5.74) is -0.847. The summed E-state index contributed by atoms with van der Waals surface area (Å²) in [5.74, 6) is 5.03. The number of likely N-dealkylation sites (N-methyl/N-ethyl adjacent to an activating group) is 1. The van der Waals surface area contributed by atoms with Crippen LogP contribution in [0.2, 0.25) is 0 Å². The second-order valence-corrected chi connectivity index (χ2v) is 8.50. The van der Waals surface area contributed by atoms with Crippen molar-refractivity contribution >= 4 is 17.6 Å². The van der Waals surface area contributed by atoms with Crippen molar-refractivity contribution in [1.29, 1.82) is 0 Å². The largest absolute Gasteiger partial charge is 0.487 e. The number of anilines is 1. The molecule has 1 atom stereocenters. The molecule has 184 valence electrons. The summed E-state index contributed by atoms with van der Waals surface area (Å²) in [7, 11) is 1.51. The minimum Gasteiger partial charge on any atom is -0.487 e. The van der Waals surface area contributed by atoms with Crippen LogP contribution in [0.5, 0.6) is 17.2 Å². The van der Waals surface area contributed by atoms with Gasteiger partial charge in [0.15, 0.2) is 11.6 Å². The van der Waals surface area contributed by atoms with Gasteiger partial charge in [-0.3, -0.25) is 19.5 Å². The van der Waals surface area contributed by atoms with E-state index in [-0.39, 0.29) is 29.6 Å². The maximum absolute atomic E-state index is 13.4. The maximum Gasteiger partial charge on any atom is 0.270 e. The van der Waals surface area contributed by atoms with Gasteiger partial charge in [-0.1, -0.05) is 12.0 Å². The zero-order chi connectivity index (χ0) is 25.9. The van der Waals surface area contributed by atoms with Crippen LogP contribution in [0.1, 0.15) is 30.0 Å². The number of hydrogen-bond acceptors (Lipinski definition) is 7. The molecule has 10 heteroatoms. The van der Waals surface area contributed by atoms with Gasteiger partial charge < -0.3 is 19.9 Å². The van der Waals surface area contributed by atoms with Crippen LogP contribution in [0.25, 0.3) is 0 Å². The molecule has 9 nitrogen and oxygen atoms in total. The molecule has 0 fully saturated rings. The van der Waals surface area contributed by atoms with Crippen LogP contribution in [0.4, 0.5) is 10.2 Å². The molecule has 0 saturated heterocycles. The smallest absolute Gasteiger partial charge is 0.270 e. The standard InChI is InChI=1S/C26H23FN4O5/c1-26(2,34)11-9-17-7-8-22-23(29-17)31(3)25(33)21(15-35-22)30-24(32)20-14-19(10-12-28-20)36-18-6-4-5-16(27)13-18/h4-8,10,12-14,21,34H,15H2,1-3H3,(H,30,32). The van der Waals surface area contributed by atoms with Gasteiger partial charge in [0.05, 0.1) is 0 Å². The van der Waals surface area contributed by atoms with Crippen LogP contribution in [0.15, 0.2) is 54.7 Å². The Bertz CT molecular complexity index is 1380. The Balaban J connectivity index is 1.48. The Labute approximate surface area is 206 Å². The highest BCUT2D eigenvalue weighted by Crippen LogP contribution is 2.29. The van der Waals surface area contributed by atoms with E-state index in [9.17, 15) is 19.1 Å². The van der Waals surface area contributed by atoms with Crippen molar-refractivity contribution in [2.24, 2.45) is 0 Å². The molecule has 4 rings (SSSR count). The van der Waals surface area contributed by atoms with E-state index in [4.69, 9.17) is 9.47 Å². The Morgan fingerprint density at radius 1 is 1.25 bits per heavy atom. The number of carbonyl (C=O) groups is 2. The third kappa shape index (κ3) is 5.95. The van der Waals surface area contributed by atoms with Gasteiger partial charge in [0.25, 0.3) is 11.8 Å². The highest BCUT2D eigenvalue weighted by atomic mass is 19.1. The summed E-state index contributed by atoms with van der Waals surface area (Å²) in [4.78, 5) is 35.6. The van der Waals surface area contributed by atoms with Crippen LogP contribution in [-0.2, 0) is 4.79 Å². The van der Waals surface area contributed by atoms with Crippen molar-refractivity contribution in [3.05, 3.63) is 71.9 Å². The third-order valence-electron chi connectivity index (χ3n) is 4.99. The molecule has 3 heterocycles. The summed E-state index contributed by atoms with van der Waals surface area (Å²) in [5, 5.41) is 12.4. The van der Waals surface area contributed by atoms with Crippen molar-refractivity contribution in [1.82, 2.24) is 15.3 Å². The van der Waals surface area contributed by atoms with Crippen LogP contribution < -0.4 is 19.7 Å². The number of ether oxygens (including phenoxy) is 2. The van der Waals surface area contributed by atoms with Crippen molar-refractivity contribution in [3.8, 4) is 29.1 Å². The number of fused-ring (bicyclic) bond motifs is 1. The zero-order valence-electron chi connectivity index (χ0n) is 19.8. The first-order valence-corrected chi connectivity index (χ1v) is 11.0. The minimum absolute atomic E-state index is 0.00317. The lowest BCUT2D eigenvalue weighted by Crippen LogP contribution is -2.49. The van der Waals surface area contributed by atoms with Crippen molar-refractivity contribution < 1.29 is 28.6 Å². The van der Waals surface area contributed by atoms with E-state index >= 15 is 0 Å². The van der Waals surface area contributed by atoms with Gasteiger partial charge in [-0.05, 0) is 50.1 Å². The molecule has 0 aliphatic carbocycles. The number of aromatic nitrogens is 2. The summed E-state index contributed by atoms with van der Waals surface area (Å²) in [6, 6.07) is 10.7. The number of halogens is 1. The van der Waals surface area contributed by atoms with Gasteiger partial charge in [0.2, 0.25) is 0 Å². The van der Waals surface area contributed by atoms with Crippen molar-refractivity contribution in [2.45, 2.75) is 25.5 Å². The highest BCUT2D eigenvalue weighted by Gasteiger charge is 2.32. The summed E-state index contributed by atoms with van der Waals surface area (Å²) in [6.07, 6.45) is 1.37. The summed E-state index contributed by atoms with van der Waals surface area (Å²) >= 11 is 0. The molecule has 1 aliphatic rings. The SMILES string of the molecule is CN1C(=O)C(NC(=O)c2cc(Oc3cccc(F)c3)ccn2)COc2ccc(C#CC(C)(C)O)nc21. The lowest BCUT2D eigenvalue weighted by Gasteiger charge is -2.19. The number of aliphatic hydroxyl groups is 1. The molecule has 0 spiro atoms. The maximum atomic E-state index is 13.4. The average Bonchev–Trinajstić information content (AvgIpc) is 2.94. The average molecular weight is 490 g/mol. The summed E-state index contributed by atoms with van der Waals surface area (Å²) < 4.78 is 24.8. The third-order valence-corrected chi connectivity index (χ3v) is 4.99. The number of pyridine rings is 2. The number of benzene rings is 1. The molecule has 36 heavy (non-hydrogen) atoms. The second kappa shape index (κ2) is 10.0. The lowest BCUT2D eigenvalue weighted by atomic mass is 10.1. The highest BCUT2D eigenvalue weighted by molar-refractivity contribution is 6.02. The zero-order valence-corrected chi connectivity index (χ0v) is 19.8. The minimum atomic E-state index is -1.20. The van der Waals surface area contributed by atoms with Gasteiger partial charge in [-0.25, -0.2) is 9.37 Å². The molecule has 1 unspecified atom stereocenters. The molecule has 1 aromatic carbocycles. The van der Waals surface area contributed by atoms with E-state index in [0.717, 1.165) is 0 Å². The van der Waals surface area contributed by atoms with E-state index in [1.807, 2.05) is 0 Å². The number of rotatable bonds is 4. The fraction of sp³-hybridized carbons (Fsp3) is 0.231. The molecule has 2 amide bonds. The first-order valence-electron chi connectivity index (χ1n) is 11.0. The topological polar surface area (TPSA) is 114 Å². The summed E-state index contributed by atoms with van der Waals surface area (Å²) in [6.45, 7) is 2.97. The molecule has 2 aromatic heterocycles. The van der Waals surface area contributed by atoms with Crippen LogP contribution in [-0.4, -0.2) is 52.2 Å². The van der Waals surface area contributed by atoms with Gasteiger partial charge in [-0.15, -0.1) is 0 Å². The van der Waals surface area contributed by atoms with Crippen molar-refractivity contribution in [2.75, 3.05) is 18.6 Å². The van der Waals surface area contributed by atoms with E-state index in [0.29, 0.717) is 11.4 Å². The molecule has 0 saturated carbocycles. The molecule has 3 aromatic rings. The van der Waals surface area contributed by atoms with Crippen LogP contribution >= 0.6 is 0 Å². The van der Waals surface area contributed by atoms with Gasteiger partial charge in [0.1, 0.15) is 47.0 Å². The van der Waals surface area contributed by atoms with Gasteiger partial charge in [-0.2, -0.15) is 0 Å². The fourth-order valence-corrected chi connectivity index (χ4v) is 3.26. The first-order chi connectivity index (χ1) is 17.1. The number of carbonyl (C=O) groups excluding carboxylic acids is 2. The predicted molar refractivity (Wildman–Crippen MR) is 128 cm³/mol. The quantitative estimate of drug-likeness (QED) is 0.541. The number of nitrogens with one attached hydrogen (secondary N) is 1. The van der Waals surface area contributed by atoms with Crippen LogP contribution in [0.3, 0.4) is 0 Å². The van der Waals surface area contributed by atoms with Crippen LogP contribution in [0, 0.1) is 17.7 Å². The van der Waals surface area contributed by atoms with E-state index in [1.165, 1.54) is 48.5 Å². The first kappa shape index (κ1) is 24.6. The Morgan fingerprint density at radius 2 is 2.03 bits per heavy atom. The van der Waals surface area contributed by atoms with Crippen molar-refractivity contribution in [3.63, 3.8) is 0 Å². The Hall–Kier alpha value is -4.49. The van der Waals surface area contributed by atoms with Gasteiger partial charge in [0, 0.05) is 25.4 Å². The Morgan fingerprint density at radius 3 is 2.78 bits per heavy atom. The van der Waals surface area contributed by atoms with E-state index in [2.05, 4.69) is 27.1 Å². The predicted octanol–water partition coefficient (Wildman–Crippen LogP) is 2.68. The van der Waals surface area contributed by atoms with E-state index < -0.39 is 29.3 Å². The normalized spacial score (nSPS) is 15.1. The molecular formula is C26H23FN4O5. The lowest BCUT2D eigenvalue weighted by molar-refractivity contribution is -0.120. The fourth-order valence-electron chi connectivity index (χ4n) is 3.26. The van der Waals surface area contributed by atoms with E-state index in [1.54, 1.807) is 32.0 Å². The molecule has 2 N–H and O–H groups in total.